The lowest BCUT2D eigenvalue weighted by Crippen LogP contribution is -2.30. The summed E-state index contributed by atoms with van der Waals surface area (Å²) < 4.78 is 0. The number of aromatic nitrogens is 2. The molecule has 0 spiro atoms. The molecule has 0 bridgehead atoms. The first-order valence-electron chi connectivity index (χ1n) is 8.17. The average Bonchev–Trinajstić information content (AvgIpc) is 3.04. The molecule has 1 amide bonds. The Morgan fingerprint density at radius 3 is 2.64 bits per heavy atom. The highest BCUT2D eigenvalue weighted by atomic mass is 16.2. The van der Waals surface area contributed by atoms with Crippen molar-refractivity contribution in [3.63, 3.8) is 0 Å². The van der Waals surface area contributed by atoms with Crippen LogP contribution in [-0.2, 0) is 6.42 Å². The van der Waals surface area contributed by atoms with E-state index in [-0.39, 0.29) is 17.0 Å². The molecular weight excluding hydrogens is 314 g/mol. The van der Waals surface area contributed by atoms with Crippen molar-refractivity contribution in [1.82, 2.24) is 15.3 Å². The van der Waals surface area contributed by atoms with Gasteiger partial charge in [-0.15, -0.1) is 0 Å². The molecular formula is C20H17N3O2. The second kappa shape index (κ2) is 6.28. The van der Waals surface area contributed by atoms with E-state index in [1.807, 2.05) is 48.7 Å². The van der Waals surface area contributed by atoms with Crippen LogP contribution in [0.2, 0.25) is 0 Å². The molecule has 25 heavy (non-hydrogen) atoms. The summed E-state index contributed by atoms with van der Waals surface area (Å²) in [5.41, 5.74) is 2.71. The fourth-order valence-electron chi connectivity index (χ4n) is 3.06. The highest BCUT2D eigenvalue weighted by molar-refractivity contribution is 5.97. The lowest BCUT2D eigenvalue weighted by molar-refractivity contribution is 0.0953. The molecule has 2 aromatic carbocycles. The van der Waals surface area contributed by atoms with Crippen molar-refractivity contribution in [1.29, 1.82) is 0 Å². The first kappa shape index (κ1) is 15.2. The minimum atomic E-state index is -0.372. The summed E-state index contributed by atoms with van der Waals surface area (Å²) in [6.45, 7) is 0.465. The first-order chi connectivity index (χ1) is 12.2. The van der Waals surface area contributed by atoms with Gasteiger partial charge in [-0.1, -0.05) is 36.4 Å². The number of nitrogens with one attached hydrogen (secondary N) is 3. The number of fused-ring (bicyclic) bond motifs is 2. The Hall–Kier alpha value is -3.34. The predicted molar refractivity (Wildman–Crippen MR) is 98.9 cm³/mol. The van der Waals surface area contributed by atoms with E-state index < -0.39 is 0 Å². The molecule has 124 valence electrons. The lowest BCUT2D eigenvalue weighted by atomic mass is 10.1. The fourth-order valence-corrected chi connectivity index (χ4v) is 3.06. The smallest absolute Gasteiger partial charge is 0.261 e. The van der Waals surface area contributed by atoms with Gasteiger partial charge in [-0.3, -0.25) is 9.59 Å². The van der Waals surface area contributed by atoms with Gasteiger partial charge in [0.25, 0.3) is 11.5 Å². The van der Waals surface area contributed by atoms with Crippen LogP contribution in [0, 0.1) is 0 Å². The maximum Gasteiger partial charge on any atom is 0.261 e. The summed E-state index contributed by atoms with van der Waals surface area (Å²) in [6, 6.07) is 17.1. The molecule has 0 aliphatic heterocycles. The normalized spacial score (nSPS) is 11.0. The maximum atomic E-state index is 12.4. The van der Waals surface area contributed by atoms with Gasteiger partial charge in [-0.25, -0.2) is 0 Å². The second-order valence-corrected chi connectivity index (χ2v) is 5.96. The molecule has 2 heterocycles. The summed E-state index contributed by atoms with van der Waals surface area (Å²) in [5.74, 6) is -0.355. The Labute approximate surface area is 143 Å². The molecule has 0 fully saturated rings. The predicted octanol–water partition coefficient (Wildman–Crippen LogP) is 2.98. The van der Waals surface area contributed by atoms with Crippen LogP contribution in [0.3, 0.4) is 0 Å². The number of carbonyl (C=O) groups excluding carboxylic acids is 1. The lowest BCUT2D eigenvalue weighted by Gasteiger charge is -2.06. The summed E-state index contributed by atoms with van der Waals surface area (Å²) in [5, 5.41) is 4.82. The van der Waals surface area contributed by atoms with Gasteiger partial charge in [-0.05, 0) is 35.6 Å². The zero-order valence-electron chi connectivity index (χ0n) is 13.5. The molecule has 4 rings (SSSR count). The fraction of sp³-hybridized carbons (Fsp3) is 0.100. The Morgan fingerprint density at radius 1 is 1.00 bits per heavy atom. The third-order valence-electron chi connectivity index (χ3n) is 4.35. The van der Waals surface area contributed by atoms with Crippen molar-refractivity contribution in [2.75, 3.05) is 6.54 Å². The second-order valence-electron chi connectivity index (χ2n) is 5.96. The molecule has 0 aliphatic rings. The topological polar surface area (TPSA) is 77.8 Å². The third-order valence-corrected chi connectivity index (χ3v) is 4.35. The Morgan fingerprint density at radius 2 is 1.76 bits per heavy atom. The molecule has 0 unspecified atom stereocenters. The largest absolute Gasteiger partial charge is 0.361 e. The number of amides is 1. The van der Waals surface area contributed by atoms with Gasteiger partial charge in [0.15, 0.2) is 0 Å². The van der Waals surface area contributed by atoms with Gasteiger partial charge in [0.2, 0.25) is 0 Å². The van der Waals surface area contributed by atoms with E-state index in [9.17, 15) is 9.59 Å². The number of H-pyrrole nitrogens is 2. The summed E-state index contributed by atoms with van der Waals surface area (Å²) >= 11 is 0. The summed E-state index contributed by atoms with van der Waals surface area (Å²) in [6.07, 6.45) is 2.65. The van der Waals surface area contributed by atoms with Gasteiger partial charge in [0.05, 0.1) is 0 Å². The van der Waals surface area contributed by atoms with Crippen LogP contribution in [0.25, 0.3) is 21.8 Å². The van der Waals surface area contributed by atoms with Crippen LogP contribution in [0.4, 0.5) is 0 Å². The molecule has 3 N–H and O–H groups in total. The standard InChI is InChI=1S/C20H17N3O2/c24-19(16-11-13-5-1-3-7-17(13)23-20(16)25)21-10-9-14-12-22-18-8-4-2-6-15(14)18/h1-8,11-12,22H,9-10H2,(H,21,24)(H,23,25). The van der Waals surface area contributed by atoms with E-state index in [2.05, 4.69) is 21.4 Å². The minimum absolute atomic E-state index is 0.137. The van der Waals surface area contributed by atoms with Gasteiger partial charge < -0.3 is 15.3 Å². The van der Waals surface area contributed by atoms with E-state index >= 15 is 0 Å². The Bertz CT molecular complexity index is 1120. The molecule has 4 aromatic rings. The van der Waals surface area contributed by atoms with E-state index in [0.717, 1.165) is 27.4 Å². The van der Waals surface area contributed by atoms with Crippen LogP contribution < -0.4 is 10.9 Å². The van der Waals surface area contributed by atoms with E-state index in [4.69, 9.17) is 0 Å². The quantitative estimate of drug-likeness (QED) is 0.537. The average molecular weight is 331 g/mol. The van der Waals surface area contributed by atoms with Gasteiger partial charge in [-0.2, -0.15) is 0 Å². The first-order valence-corrected chi connectivity index (χ1v) is 8.17. The molecule has 5 heteroatoms. The monoisotopic (exact) mass is 331 g/mol. The van der Waals surface area contributed by atoms with Crippen molar-refractivity contribution in [2.24, 2.45) is 0 Å². The highest BCUT2D eigenvalue weighted by Crippen LogP contribution is 2.17. The number of hydrogen-bond acceptors (Lipinski definition) is 2. The number of benzene rings is 2. The molecule has 0 radical (unpaired) electrons. The van der Waals surface area contributed by atoms with Gasteiger partial charge >= 0.3 is 0 Å². The van der Waals surface area contributed by atoms with Crippen molar-refractivity contribution in [2.45, 2.75) is 6.42 Å². The van der Waals surface area contributed by atoms with Crippen LogP contribution >= 0.6 is 0 Å². The Balaban J connectivity index is 1.49. The third kappa shape index (κ3) is 2.92. The van der Waals surface area contributed by atoms with Crippen LogP contribution in [0.5, 0.6) is 0 Å². The molecule has 0 aliphatic carbocycles. The van der Waals surface area contributed by atoms with Crippen molar-refractivity contribution >= 4 is 27.7 Å². The molecule has 0 saturated carbocycles. The summed E-state index contributed by atoms with van der Waals surface area (Å²) in [7, 11) is 0. The minimum Gasteiger partial charge on any atom is -0.361 e. The number of carbonyl (C=O) groups is 1. The van der Waals surface area contributed by atoms with E-state index in [0.29, 0.717) is 13.0 Å². The van der Waals surface area contributed by atoms with Crippen molar-refractivity contribution in [3.8, 4) is 0 Å². The van der Waals surface area contributed by atoms with Gasteiger partial charge in [0, 0.05) is 29.2 Å². The van der Waals surface area contributed by atoms with Crippen LogP contribution in [0.15, 0.2) is 65.6 Å². The van der Waals surface area contributed by atoms with E-state index in [1.165, 1.54) is 0 Å². The number of aromatic amines is 2. The Kier molecular flexibility index (Phi) is 3.82. The SMILES string of the molecule is O=C(NCCc1c[nH]c2ccccc12)c1cc2ccccc2[nH]c1=O. The van der Waals surface area contributed by atoms with Crippen LogP contribution in [-0.4, -0.2) is 22.4 Å². The zero-order chi connectivity index (χ0) is 17.2. The maximum absolute atomic E-state index is 12.4. The van der Waals surface area contributed by atoms with Gasteiger partial charge in [0.1, 0.15) is 5.56 Å². The van der Waals surface area contributed by atoms with Crippen molar-refractivity contribution in [3.05, 3.63) is 82.3 Å². The molecule has 0 atom stereocenters. The van der Waals surface area contributed by atoms with Crippen LogP contribution in [0.1, 0.15) is 15.9 Å². The summed E-state index contributed by atoms with van der Waals surface area (Å²) in [4.78, 5) is 30.4. The zero-order valence-corrected chi connectivity index (χ0v) is 13.5. The van der Waals surface area contributed by atoms with Crippen molar-refractivity contribution < 1.29 is 4.79 Å². The number of pyridine rings is 1. The molecule has 0 saturated heterocycles. The molecule has 5 nitrogen and oxygen atoms in total. The number of hydrogen-bond donors (Lipinski definition) is 3. The molecule has 2 aromatic heterocycles. The number of para-hydroxylation sites is 2. The highest BCUT2D eigenvalue weighted by Gasteiger charge is 2.11. The van der Waals surface area contributed by atoms with E-state index in [1.54, 1.807) is 6.07 Å². The number of rotatable bonds is 4.